The Morgan fingerprint density at radius 3 is 2.39 bits per heavy atom. The molecular weight excluding hydrogens is 639 g/mol. The Morgan fingerprint density at radius 2 is 1.73 bits per heavy atom. The summed E-state index contributed by atoms with van der Waals surface area (Å²) in [5.41, 5.74) is 8.83. The van der Waals surface area contributed by atoms with Gasteiger partial charge in [0.25, 0.3) is 5.91 Å². The van der Waals surface area contributed by atoms with Crippen LogP contribution in [0.2, 0.25) is 0 Å². The summed E-state index contributed by atoms with van der Waals surface area (Å²) in [5, 5.41) is 2.33. The molecule has 1 amide bonds. The molecular formula is C36H50F3N5O5. The molecule has 3 N–H and O–H groups in total. The number of carbonyl (C=O) groups is 2. The minimum absolute atomic E-state index is 0.256. The van der Waals surface area contributed by atoms with E-state index in [0.717, 1.165) is 49.3 Å². The van der Waals surface area contributed by atoms with Crippen LogP contribution < -0.4 is 15.8 Å². The fourth-order valence-electron chi connectivity index (χ4n) is 6.39. The molecule has 0 bridgehead atoms. The molecule has 1 unspecified atom stereocenters. The number of piperazine rings is 1. The first kappa shape index (κ1) is 38.1. The number of nitrogens with one attached hydrogen (secondary N) is 1. The second kappa shape index (κ2) is 18.9. The summed E-state index contributed by atoms with van der Waals surface area (Å²) in [4.78, 5) is 34.4. The summed E-state index contributed by atoms with van der Waals surface area (Å²) in [6, 6.07) is 13.9. The van der Waals surface area contributed by atoms with E-state index in [9.17, 15) is 22.8 Å². The van der Waals surface area contributed by atoms with Crippen molar-refractivity contribution >= 4 is 17.8 Å². The quantitative estimate of drug-likeness (QED) is 0.109. The monoisotopic (exact) mass is 689 g/mol. The van der Waals surface area contributed by atoms with Gasteiger partial charge >= 0.3 is 12.1 Å². The van der Waals surface area contributed by atoms with Crippen molar-refractivity contribution in [1.29, 1.82) is 0 Å². The van der Waals surface area contributed by atoms with Gasteiger partial charge in [-0.1, -0.05) is 68.7 Å². The number of carbonyl (C=O) groups excluding carboxylic acids is 2. The molecule has 1 saturated heterocycles. The van der Waals surface area contributed by atoms with Crippen LogP contribution in [0.1, 0.15) is 63.0 Å². The minimum Gasteiger partial charge on any atom is -0.493 e. The number of aliphatic imine (C=N–C) groups is 1. The van der Waals surface area contributed by atoms with Crippen molar-refractivity contribution in [2.24, 2.45) is 10.7 Å². The van der Waals surface area contributed by atoms with Crippen LogP contribution in [-0.2, 0) is 32.0 Å². The number of unbranched alkanes of at least 4 members (excludes halogenated alkanes) is 1. The lowest BCUT2D eigenvalue weighted by molar-refractivity contribution is -0.205. The third-order valence-corrected chi connectivity index (χ3v) is 9.03. The van der Waals surface area contributed by atoms with E-state index in [-0.39, 0.29) is 12.4 Å². The van der Waals surface area contributed by atoms with Crippen LogP contribution in [0.4, 0.5) is 13.2 Å². The van der Waals surface area contributed by atoms with Crippen molar-refractivity contribution < 1.29 is 37.0 Å². The average molecular weight is 690 g/mol. The molecule has 0 aromatic heterocycles. The Labute approximate surface area is 287 Å². The highest BCUT2D eigenvalue weighted by Gasteiger charge is 2.43. The van der Waals surface area contributed by atoms with E-state index in [1.54, 1.807) is 13.2 Å². The highest BCUT2D eigenvalue weighted by atomic mass is 19.4. The van der Waals surface area contributed by atoms with Gasteiger partial charge in [-0.3, -0.25) is 24.9 Å². The second-order valence-corrected chi connectivity index (χ2v) is 12.6. The molecule has 49 heavy (non-hydrogen) atoms. The zero-order chi connectivity index (χ0) is 35.2. The van der Waals surface area contributed by atoms with Gasteiger partial charge in [-0.15, -0.1) is 0 Å². The summed E-state index contributed by atoms with van der Waals surface area (Å²) in [6.07, 6.45) is -0.359. The van der Waals surface area contributed by atoms with Crippen LogP contribution >= 0.6 is 0 Å². The molecule has 10 nitrogen and oxygen atoms in total. The van der Waals surface area contributed by atoms with E-state index in [0.29, 0.717) is 56.5 Å². The van der Waals surface area contributed by atoms with E-state index in [1.165, 1.54) is 25.7 Å². The van der Waals surface area contributed by atoms with Crippen molar-refractivity contribution in [3.63, 3.8) is 0 Å². The number of guanidine groups is 1. The predicted molar refractivity (Wildman–Crippen MR) is 182 cm³/mol. The molecule has 1 aliphatic heterocycles. The summed E-state index contributed by atoms with van der Waals surface area (Å²) in [6.45, 7) is 6.95. The number of benzene rings is 2. The molecule has 4 rings (SSSR count). The maximum Gasteiger partial charge on any atom is 0.490 e. The molecule has 1 atom stereocenters. The summed E-state index contributed by atoms with van der Waals surface area (Å²) in [5.74, 6) is -3.15. The molecule has 1 aliphatic carbocycles. The molecule has 0 radical (unpaired) electrons. The Balaban J connectivity index is 1.71. The lowest BCUT2D eigenvalue weighted by Crippen LogP contribution is -2.49. The molecule has 2 fully saturated rings. The molecule has 1 heterocycles. The van der Waals surface area contributed by atoms with Gasteiger partial charge in [0.05, 0.1) is 6.61 Å². The smallest absolute Gasteiger partial charge is 0.490 e. The largest absolute Gasteiger partial charge is 0.493 e. The fraction of sp³-hybridized carbons (Fsp3) is 0.583. The number of amides is 1. The molecule has 2 aromatic rings. The highest BCUT2D eigenvalue weighted by Crippen LogP contribution is 2.38. The number of alkyl halides is 3. The number of nitrogens with two attached hydrogens (primary N) is 1. The molecule has 2 aliphatic rings. The summed E-state index contributed by atoms with van der Waals surface area (Å²) in [7, 11) is 1.61. The molecule has 13 heteroatoms. The van der Waals surface area contributed by atoms with E-state index in [2.05, 4.69) is 20.1 Å². The average Bonchev–Trinajstić information content (AvgIpc) is 3.63. The van der Waals surface area contributed by atoms with Crippen LogP contribution in [0.25, 0.3) is 11.1 Å². The Morgan fingerprint density at radius 1 is 1.02 bits per heavy atom. The van der Waals surface area contributed by atoms with Crippen molar-refractivity contribution in [2.75, 3.05) is 53.0 Å². The van der Waals surface area contributed by atoms with E-state index >= 15 is 0 Å². The Hall–Kier alpha value is -3.68. The Bertz CT molecular complexity index is 1380. The van der Waals surface area contributed by atoms with Crippen molar-refractivity contribution in [2.45, 2.75) is 83.2 Å². The predicted octanol–water partition coefficient (Wildman–Crippen LogP) is 5.08. The lowest BCUT2D eigenvalue weighted by atomic mass is 9.93. The molecule has 270 valence electrons. The van der Waals surface area contributed by atoms with Crippen LogP contribution in [-0.4, -0.2) is 99.0 Å². The van der Waals surface area contributed by atoms with Crippen molar-refractivity contribution in [1.82, 2.24) is 15.1 Å². The van der Waals surface area contributed by atoms with Gasteiger partial charge < -0.3 is 19.9 Å². The number of hydrogen-bond donors (Lipinski definition) is 2. The number of methoxy groups -OCH3 is 1. The Kier molecular flexibility index (Phi) is 14.7. The van der Waals surface area contributed by atoms with Crippen LogP contribution in [0.5, 0.6) is 5.75 Å². The van der Waals surface area contributed by atoms with Crippen molar-refractivity contribution in [3.8, 4) is 16.9 Å². The van der Waals surface area contributed by atoms with Gasteiger partial charge in [-0.05, 0) is 30.4 Å². The summed E-state index contributed by atoms with van der Waals surface area (Å²) < 4.78 is 56.8. The molecule has 1 saturated carbocycles. The first-order chi connectivity index (χ1) is 23.6. The van der Waals surface area contributed by atoms with Gasteiger partial charge in [-0.2, -0.15) is 13.2 Å². The van der Waals surface area contributed by atoms with Crippen molar-refractivity contribution in [3.05, 3.63) is 53.6 Å². The van der Waals surface area contributed by atoms with E-state index in [1.807, 2.05) is 43.3 Å². The lowest BCUT2D eigenvalue weighted by Gasteiger charge is -2.38. The maximum atomic E-state index is 13.4. The zero-order valence-corrected chi connectivity index (χ0v) is 28.6. The van der Waals surface area contributed by atoms with Crippen LogP contribution in [0.15, 0.2) is 47.5 Å². The van der Waals surface area contributed by atoms with Gasteiger partial charge in [0.15, 0.2) is 12.1 Å². The number of hydrogen-bond acceptors (Lipinski definition) is 8. The van der Waals surface area contributed by atoms with Gasteiger partial charge in [0.2, 0.25) is 0 Å². The standard InChI is InChI=1S/C36H50F3N5O5/c1-3-4-17-41-35(40)42-33(45)31(49-34(46)36(37,38)39)24-27-15-16-29(26-11-6-5-7-12-26)32(48-23-10-22-47-2)30(27)25-43-18-20-44(21-19-43)28-13-8-9-14-28/h5-7,11-12,15-16,28,31H,3-4,8-10,13-14,17-25H2,1-2H3,(H3,40,41,42,45). The third-order valence-electron chi connectivity index (χ3n) is 9.03. The van der Waals surface area contributed by atoms with E-state index in [4.69, 9.17) is 19.9 Å². The topological polar surface area (TPSA) is 119 Å². The number of nitrogens with zero attached hydrogens (tertiary/aromatic N) is 3. The minimum atomic E-state index is -5.30. The third kappa shape index (κ3) is 11.4. The second-order valence-electron chi connectivity index (χ2n) is 12.6. The fourth-order valence-corrected chi connectivity index (χ4v) is 6.39. The summed E-state index contributed by atoms with van der Waals surface area (Å²) >= 11 is 0. The van der Waals surface area contributed by atoms with Gasteiger partial charge in [0.1, 0.15) is 5.75 Å². The van der Waals surface area contributed by atoms with Gasteiger partial charge in [0, 0.05) is 83.0 Å². The maximum absolute atomic E-state index is 13.4. The molecule has 2 aromatic carbocycles. The normalized spacial score (nSPS) is 17.2. The number of ether oxygens (including phenoxy) is 3. The van der Waals surface area contributed by atoms with E-state index < -0.39 is 24.2 Å². The number of halogens is 3. The van der Waals surface area contributed by atoms with Crippen LogP contribution in [0.3, 0.4) is 0 Å². The first-order valence-corrected chi connectivity index (χ1v) is 17.3. The van der Waals surface area contributed by atoms with Gasteiger partial charge in [-0.25, -0.2) is 4.79 Å². The zero-order valence-electron chi connectivity index (χ0n) is 28.6. The molecule has 0 spiro atoms. The number of rotatable bonds is 16. The van der Waals surface area contributed by atoms with Crippen LogP contribution in [0, 0.1) is 0 Å². The highest BCUT2D eigenvalue weighted by molar-refractivity contribution is 5.99. The number of esters is 1. The SMILES string of the molecule is CCCCN=C(N)NC(=O)C(Cc1ccc(-c2ccccc2)c(OCCCOC)c1CN1CCN(C2CCCC2)CC1)OC(=O)C(F)(F)F. The first-order valence-electron chi connectivity index (χ1n) is 17.3.